The van der Waals surface area contributed by atoms with Gasteiger partial charge in [-0.05, 0) is 0 Å². The Kier molecular flexibility index (Phi) is 10.9. The predicted octanol–water partition coefficient (Wildman–Crippen LogP) is -6.97. The van der Waals surface area contributed by atoms with E-state index >= 15 is 0 Å². The maximum absolute atomic E-state index is 10.6. The van der Waals surface area contributed by atoms with Gasteiger partial charge in [0.2, 0.25) is 0 Å². The largest absolute Gasteiger partial charge is 1.00 e. The van der Waals surface area contributed by atoms with Gasteiger partial charge in [0.05, 0.1) is 0 Å². The second-order valence-corrected chi connectivity index (χ2v) is 2.41. The average molecular weight is 160 g/mol. The van der Waals surface area contributed by atoms with Crippen LogP contribution in [-0.4, -0.2) is 12.2 Å². The zero-order valence-electron chi connectivity index (χ0n) is 6.80. The van der Waals surface area contributed by atoms with Gasteiger partial charge in [-0.2, -0.15) is 0 Å². The van der Waals surface area contributed by atoms with Crippen LogP contribution >= 0.6 is 0 Å². The minimum Gasteiger partial charge on any atom is -0.852 e. The SMILES string of the molecule is [Na+].[Na+].[O-]C1CCCC([O-])C1. The first kappa shape index (κ1) is 14.4. The minimum absolute atomic E-state index is 0. The molecule has 1 saturated carbocycles. The third kappa shape index (κ3) is 5.56. The fraction of sp³-hybridized carbons (Fsp3) is 1.00. The van der Waals surface area contributed by atoms with E-state index in [1.165, 1.54) is 0 Å². The van der Waals surface area contributed by atoms with Gasteiger partial charge in [0.15, 0.2) is 0 Å². The van der Waals surface area contributed by atoms with Gasteiger partial charge in [-0.1, -0.05) is 25.7 Å². The molecular weight excluding hydrogens is 150 g/mol. The molecule has 1 aliphatic rings. The minimum atomic E-state index is -0.550. The summed E-state index contributed by atoms with van der Waals surface area (Å²) < 4.78 is 0. The van der Waals surface area contributed by atoms with Crippen LogP contribution in [0.2, 0.25) is 0 Å². The van der Waals surface area contributed by atoms with E-state index in [-0.39, 0.29) is 59.1 Å². The second kappa shape index (κ2) is 7.56. The van der Waals surface area contributed by atoms with Gasteiger partial charge in [-0.3, -0.25) is 0 Å². The van der Waals surface area contributed by atoms with Crippen LogP contribution in [0.5, 0.6) is 0 Å². The maximum Gasteiger partial charge on any atom is 1.00 e. The topological polar surface area (TPSA) is 46.1 Å². The standard InChI is InChI=1S/C6H10O2.2Na/c7-5-2-1-3-6(8)4-5;;/h5-6H,1-4H2;;/q-2;2*+1. The molecule has 1 fully saturated rings. The molecule has 0 saturated heterocycles. The Bertz CT molecular complexity index is 72.1. The van der Waals surface area contributed by atoms with E-state index in [4.69, 9.17) is 0 Å². The smallest absolute Gasteiger partial charge is 0.852 e. The summed E-state index contributed by atoms with van der Waals surface area (Å²) in [6.45, 7) is 0. The van der Waals surface area contributed by atoms with Crippen molar-refractivity contribution in [1.29, 1.82) is 0 Å². The zero-order chi connectivity index (χ0) is 5.98. The van der Waals surface area contributed by atoms with Crippen molar-refractivity contribution in [3.8, 4) is 0 Å². The summed E-state index contributed by atoms with van der Waals surface area (Å²) >= 11 is 0. The molecule has 0 amide bonds. The molecule has 2 unspecified atom stereocenters. The van der Waals surface area contributed by atoms with E-state index in [0.717, 1.165) is 19.3 Å². The molecule has 4 heteroatoms. The first-order valence-electron chi connectivity index (χ1n) is 3.10. The fourth-order valence-corrected chi connectivity index (χ4v) is 1.10. The van der Waals surface area contributed by atoms with Crippen LogP contribution in [-0.2, 0) is 0 Å². The first-order valence-corrected chi connectivity index (χ1v) is 3.10. The van der Waals surface area contributed by atoms with E-state index in [9.17, 15) is 10.2 Å². The van der Waals surface area contributed by atoms with Crippen molar-refractivity contribution in [1.82, 2.24) is 0 Å². The zero-order valence-corrected chi connectivity index (χ0v) is 10.8. The van der Waals surface area contributed by atoms with Crippen molar-refractivity contribution < 1.29 is 69.3 Å². The van der Waals surface area contributed by atoms with E-state index in [0.29, 0.717) is 6.42 Å². The van der Waals surface area contributed by atoms with Crippen molar-refractivity contribution in [3.63, 3.8) is 0 Å². The van der Waals surface area contributed by atoms with Gasteiger partial charge in [0.25, 0.3) is 0 Å². The second-order valence-electron chi connectivity index (χ2n) is 2.41. The van der Waals surface area contributed by atoms with Crippen molar-refractivity contribution in [2.24, 2.45) is 0 Å². The summed E-state index contributed by atoms with van der Waals surface area (Å²) in [4.78, 5) is 0. The van der Waals surface area contributed by atoms with Crippen LogP contribution in [0.4, 0.5) is 0 Å². The van der Waals surface area contributed by atoms with Gasteiger partial charge >= 0.3 is 59.1 Å². The van der Waals surface area contributed by atoms with Crippen LogP contribution in [0.25, 0.3) is 0 Å². The third-order valence-electron chi connectivity index (χ3n) is 1.58. The average Bonchev–Trinajstić information content (AvgIpc) is 1.64. The Morgan fingerprint density at radius 1 is 0.900 bits per heavy atom. The van der Waals surface area contributed by atoms with Gasteiger partial charge in [0.1, 0.15) is 0 Å². The van der Waals surface area contributed by atoms with Crippen molar-refractivity contribution in [3.05, 3.63) is 0 Å². The first-order chi connectivity index (χ1) is 3.79. The van der Waals surface area contributed by atoms with Crippen LogP contribution < -0.4 is 69.3 Å². The summed E-state index contributed by atoms with van der Waals surface area (Å²) in [6.07, 6.45) is 1.55. The summed E-state index contributed by atoms with van der Waals surface area (Å²) in [5, 5.41) is 21.1. The normalized spacial score (nSPS) is 31.8. The molecule has 0 bridgehead atoms. The maximum atomic E-state index is 10.6. The van der Waals surface area contributed by atoms with Gasteiger partial charge < -0.3 is 10.2 Å². The van der Waals surface area contributed by atoms with Gasteiger partial charge in [-0.25, -0.2) is 0 Å². The van der Waals surface area contributed by atoms with Crippen molar-refractivity contribution >= 4 is 0 Å². The van der Waals surface area contributed by atoms with E-state index in [1.54, 1.807) is 0 Å². The molecule has 10 heavy (non-hydrogen) atoms. The molecule has 0 spiro atoms. The molecule has 1 aliphatic carbocycles. The quantitative estimate of drug-likeness (QED) is 0.331. The van der Waals surface area contributed by atoms with Crippen LogP contribution in [0.1, 0.15) is 25.7 Å². The van der Waals surface area contributed by atoms with Crippen LogP contribution in [0.15, 0.2) is 0 Å². The van der Waals surface area contributed by atoms with E-state index in [2.05, 4.69) is 0 Å². The molecule has 48 valence electrons. The van der Waals surface area contributed by atoms with Crippen LogP contribution in [0.3, 0.4) is 0 Å². The fourth-order valence-electron chi connectivity index (χ4n) is 1.10. The molecule has 0 N–H and O–H groups in total. The molecule has 2 atom stereocenters. The Labute approximate surface area is 106 Å². The molecule has 0 heterocycles. The number of hydrogen-bond acceptors (Lipinski definition) is 2. The molecule has 0 radical (unpaired) electrons. The summed E-state index contributed by atoms with van der Waals surface area (Å²) in [5.74, 6) is 0. The van der Waals surface area contributed by atoms with Crippen LogP contribution in [0, 0.1) is 0 Å². The van der Waals surface area contributed by atoms with Crippen molar-refractivity contribution in [2.45, 2.75) is 37.9 Å². The molecule has 0 aromatic rings. The van der Waals surface area contributed by atoms with Gasteiger partial charge in [-0.15, -0.1) is 12.2 Å². The molecule has 1 rings (SSSR count). The van der Waals surface area contributed by atoms with Gasteiger partial charge in [0, 0.05) is 0 Å². The molecule has 0 aliphatic heterocycles. The Balaban J connectivity index is 0. The summed E-state index contributed by atoms with van der Waals surface area (Å²) in [5.41, 5.74) is 0. The molecular formula is C6H10Na2O2. The number of hydrogen-bond donors (Lipinski definition) is 0. The Morgan fingerprint density at radius 2 is 1.30 bits per heavy atom. The van der Waals surface area contributed by atoms with Crippen molar-refractivity contribution in [2.75, 3.05) is 0 Å². The summed E-state index contributed by atoms with van der Waals surface area (Å²) in [7, 11) is 0. The Hall–Kier alpha value is 1.92. The predicted molar refractivity (Wildman–Crippen MR) is 26.0 cm³/mol. The molecule has 0 aromatic heterocycles. The Morgan fingerprint density at radius 3 is 1.50 bits per heavy atom. The third-order valence-corrected chi connectivity index (χ3v) is 1.58. The number of rotatable bonds is 0. The van der Waals surface area contributed by atoms with E-state index in [1.807, 2.05) is 0 Å². The summed E-state index contributed by atoms with van der Waals surface area (Å²) in [6, 6.07) is 0. The van der Waals surface area contributed by atoms with E-state index < -0.39 is 12.2 Å². The molecule has 2 nitrogen and oxygen atoms in total. The monoisotopic (exact) mass is 160 g/mol. The molecule has 0 aromatic carbocycles.